The third-order valence-electron chi connectivity index (χ3n) is 2.57. The third kappa shape index (κ3) is 1.90. The van der Waals surface area contributed by atoms with E-state index in [0.29, 0.717) is 0 Å². The highest BCUT2D eigenvalue weighted by Gasteiger charge is 2.02. The molecule has 0 unspecified atom stereocenters. The van der Waals surface area contributed by atoms with Crippen molar-refractivity contribution >= 4 is 34.1 Å². The van der Waals surface area contributed by atoms with Crippen LogP contribution >= 0.6 is 23.3 Å². The standard InChI is InChI=1S/C13H9P3/c1-2-6-11-10(4-1)5-3-7-12(11)13-8-9-14-16-15-13/h1-9H. The quantitative estimate of drug-likeness (QED) is 0.484. The molecule has 0 aliphatic rings. The van der Waals surface area contributed by atoms with Crippen molar-refractivity contribution in [3.05, 3.63) is 54.3 Å². The summed E-state index contributed by atoms with van der Waals surface area (Å²) in [6.45, 7) is 0. The summed E-state index contributed by atoms with van der Waals surface area (Å²) in [5.41, 5.74) is 1.39. The summed E-state index contributed by atoms with van der Waals surface area (Å²) in [5.74, 6) is 2.25. The second-order valence-corrected chi connectivity index (χ2v) is 8.36. The Kier molecular flexibility index (Phi) is 2.98. The molecule has 2 aromatic carbocycles. The summed E-state index contributed by atoms with van der Waals surface area (Å²) < 4.78 is 0. The Balaban J connectivity index is 2.32. The molecule has 16 heavy (non-hydrogen) atoms. The minimum absolute atomic E-state index is 1.33. The van der Waals surface area contributed by atoms with Crippen LogP contribution in [0.4, 0.5) is 0 Å². The van der Waals surface area contributed by atoms with Crippen LogP contribution in [0.15, 0.2) is 54.3 Å². The van der Waals surface area contributed by atoms with E-state index in [1.807, 2.05) is 0 Å². The maximum absolute atomic E-state index is 2.27. The predicted octanol–water partition coefficient (Wildman–Crippen LogP) is 6.25. The molecule has 0 aliphatic heterocycles. The van der Waals surface area contributed by atoms with E-state index in [-0.39, 0.29) is 0 Å². The molecule has 0 saturated heterocycles. The van der Waals surface area contributed by atoms with Gasteiger partial charge in [0.25, 0.3) is 0 Å². The van der Waals surface area contributed by atoms with Gasteiger partial charge in [-0.3, -0.25) is 0 Å². The number of rotatable bonds is 1. The normalized spacial score (nSPS) is 12.0. The first-order valence-corrected chi connectivity index (χ1v) is 9.24. The van der Waals surface area contributed by atoms with Gasteiger partial charge in [-0.05, 0) is 51.5 Å². The highest BCUT2D eigenvalue weighted by Crippen LogP contribution is 2.41. The average molecular weight is 258 g/mol. The van der Waals surface area contributed by atoms with Gasteiger partial charge in [-0.2, -0.15) is 0 Å². The fourth-order valence-electron chi connectivity index (χ4n) is 1.83. The SMILES string of the molecule is c1ccc2c(-c3ccppp3)cccc2c1. The van der Waals surface area contributed by atoms with Crippen molar-refractivity contribution in [2.24, 2.45) is 0 Å². The van der Waals surface area contributed by atoms with Crippen LogP contribution in [0.2, 0.25) is 0 Å². The van der Waals surface area contributed by atoms with E-state index in [2.05, 4.69) is 54.3 Å². The summed E-state index contributed by atoms with van der Waals surface area (Å²) in [6.07, 6.45) is 0. The van der Waals surface area contributed by atoms with Gasteiger partial charge >= 0.3 is 0 Å². The van der Waals surface area contributed by atoms with Gasteiger partial charge in [0.15, 0.2) is 0 Å². The van der Waals surface area contributed by atoms with Gasteiger partial charge in [-0.1, -0.05) is 42.5 Å². The highest BCUT2D eigenvalue weighted by atomic mass is 32.1. The van der Waals surface area contributed by atoms with Crippen molar-refractivity contribution in [1.82, 2.24) is 0 Å². The van der Waals surface area contributed by atoms with Gasteiger partial charge in [0.2, 0.25) is 0 Å². The second-order valence-electron chi connectivity index (χ2n) is 3.53. The van der Waals surface area contributed by atoms with Crippen LogP contribution in [0.25, 0.3) is 21.6 Å². The molecule has 0 atom stereocenters. The lowest BCUT2D eigenvalue weighted by molar-refractivity contribution is 1.74. The van der Waals surface area contributed by atoms with Gasteiger partial charge in [0, 0.05) is 5.30 Å². The first kappa shape index (κ1) is 10.4. The summed E-state index contributed by atoms with van der Waals surface area (Å²) in [7, 11) is 4.30. The topological polar surface area (TPSA) is 0 Å². The monoisotopic (exact) mass is 258 g/mol. The Bertz CT molecular complexity index is 615. The van der Waals surface area contributed by atoms with Crippen molar-refractivity contribution in [3.8, 4) is 10.9 Å². The molecule has 0 radical (unpaired) electrons. The minimum atomic E-state index is 1.33. The zero-order chi connectivity index (χ0) is 10.8. The number of benzene rings is 2. The summed E-state index contributed by atoms with van der Waals surface area (Å²) in [5, 5.41) is 4.14. The third-order valence-corrected chi connectivity index (χ3v) is 7.01. The fourth-order valence-corrected chi connectivity index (χ4v) is 6.03. The van der Waals surface area contributed by atoms with E-state index in [1.54, 1.807) is 0 Å². The molecule has 3 aromatic rings. The molecule has 1 aromatic heterocycles. The van der Waals surface area contributed by atoms with Crippen LogP contribution in [-0.4, -0.2) is 0 Å². The molecular formula is C13H9P3. The summed E-state index contributed by atoms with van der Waals surface area (Å²) in [6, 6.07) is 17.4. The first-order chi connectivity index (χ1) is 7.95. The molecule has 76 valence electrons. The predicted molar refractivity (Wildman–Crippen MR) is 76.9 cm³/mol. The van der Waals surface area contributed by atoms with Crippen molar-refractivity contribution in [2.45, 2.75) is 0 Å². The van der Waals surface area contributed by atoms with Crippen LogP contribution in [-0.2, 0) is 0 Å². The smallest absolute Gasteiger partial charge is 0.0149 e. The van der Waals surface area contributed by atoms with Crippen LogP contribution < -0.4 is 0 Å². The highest BCUT2D eigenvalue weighted by molar-refractivity contribution is 8.16. The van der Waals surface area contributed by atoms with Crippen molar-refractivity contribution in [2.75, 3.05) is 0 Å². The molecule has 0 saturated carbocycles. The molecule has 0 amide bonds. The van der Waals surface area contributed by atoms with Crippen molar-refractivity contribution in [1.29, 1.82) is 0 Å². The van der Waals surface area contributed by atoms with E-state index < -0.39 is 0 Å². The van der Waals surface area contributed by atoms with Crippen LogP contribution in [0.3, 0.4) is 0 Å². The molecule has 3 rings (SSSR count). The number of hydrogen-bond acceptors (Lipinski definition) is 0. The van der Waals surface area contributed by atoms with E-state index in [0.717, 1.165) is 0 Å². The van der Waals surface area contributed by atoms with E-state index in [9.17, 15) is 0 Å². The Morgan fingerprint density at radius 2 is 1.69 bits per heavy atom. The van der Waals surface area contributed by atoms with Gasteiger partial charge in [-0.15, -0.1) is 0 Å². The van der Waals surface area contributed by atoms with Crippen LogP contribution in [0.1, 0.15) is 0 Å². The minimum Gasteiger partial charge on any atom is -0.0616 e. The molecule has 1 heterocycles. The zero-order valence-electron chi connectivity index (χ0n) is 8.54. The Morgan fingerprint density at radius 1 is 0.812 bits per heavy atom. The Hall–Kier alpha value is -0.790. The lowest BCUT2D eigenvalue weighted by atomic mass is 10.0. The van der Waals surface area contributed by atoms with Crippen LogP contribution in [0.5, 0.6) is 0 Å². The number of fused-ring (bicyclic) bond motifs is 1. The fraction of sp³-hybridized carbons (Fsp3) is 0. The second kappa shape index (κ2) is 4.60. The lowest BCUT2D eigenvalue weighted by Crippen LogP contribution is -1.77. The largest absolute Gasteiger partial charge is 0.0616 e. The molecule has 0 fully saturated rings. The molecule has 0 nitrogen and oxygen atoms in total. The van der Waals surface area contributed by atoms with E-state index in [4.69, 9.17) is 0 Å². The van der Waals surface area contributed by atoms with Gasteiger partial charge < -0.3 is 0 Å². The van der Waals surface area contributed by atoms with Gasteiger partial charge in [0.05, 0.1) is 0 Å². The summed E-state index contributed by atoms with van der Waals surface area (Å²) in [4.78, 5) is 0. The molecule has 3 heteroatoms. The van der Waals surface area contributed by atoms with E-state index >= 15 is 0 Å². The Labute approximate surface area is 99.4 Å². The maximum Gasteiger partial charge on any atom is 0.0149 e. The van der Waals surface area contributed by atoms with Gasteiger partial charge in [-0.25, -0.2) is 0 Å². The molecule has 0 bridgehead atoms. The van der Waals surface area contributed by atoms with Crippen molar-refractivity contribution < 1.29 is 0 Å². The molecule has 0 aliphatic carbocycles. The molecule has 0 spiro atoms. The molecule has 0 N–H and O–H groups in total. The Morgan fingerprint density at radius 3 is 2.56 bits per heavy atom. The summed E-state index contributed by atoms with van der Waals surface area (Å²) >= 11 is 0. The lowest BCUT2D eigenvalue weighted by Gasteiger charge is -2.05. The molecular weight excluding hydrogens is 249 g/mol. The first-order valence-electron chi connectivity index (χ1n) is 5.08. The number of hydrogen-bond donors (Lipinski definition) is 0. The maximum atomic E-state index is 2.27. The zero-order valence-corrected chi connectivity index (χ0v) is 11.2. The van der Waals surface area contributed by atoms with Crippen molar-refractivity contribution in [3.63, 3.8) is 0 Å². The van der Waals surface area contributed by atoms with Gasteiger partial charge in [0.1, 0.15) is 0 Å². The van der Waals surface area contributed by atoms with E-state index in [1.165, 1.54) is 44.9 Å². The van der Waals surface area contributed by atoms with Crippen LogP contribution in [0, 0.1) is 0 Å². The average Bonchev–Trinajstić information content (AvgIpc) is 2.39.